The molecule has 0 amide bonds. The predicted molar refractivity (Wildman–Crippen MR) is 77.6 cm³/mol. The van der Waals surface area contributed by atoms with Crippen LogP contribution < -0.4 is 5.73 Å². The molecule has 0 bridgehead atoms. The van der Waals surface area contributed by atoms with Crippen molar-refractivity contribution in [1.29, 1.82) is 0 Å². The third kappa shape index (κ3) is 3.63. The molecule has 1 rings (SSSR count). The molecule has 5 nitrogen and oxygen atoms in total. The topological polar surface area (TPSA) is 66.6 Å². The average Bonchev–Trinajstić information content (AvgIpc) is 2.27. The number of rotatable bonds is 5. The Kier molecular flexibility index (Phi) is 5.51. The number of hydrogen-bond donors (Lipinski definition) is 1. The van der Waals surface area contributed by atoms with E-state index in [9.17, 15) is 8.42 Å². The molecule has 0 radical (unpaired) electrons. The summed E-state index contributed by atoms with van der Waals surface area (Å²) in [5.74, 6) is 0. The second-order valence-corrected chi connectivity index (χ2v) is 7.46. The molecule has 106 valence electrons. The van der Waals surface area contributed by atoms with Crippen LogP contribution in [0.25, 0.3) is 0 Å². The van der Waals surface area contributed by atoms with Gasteiger partial charge in [0.05, 0.1) is 4.99 Å². The van der Waals surface area contributed by atoms with Crippen LogP contribution >= 0.6 is 12.2 Å². The van der Waals surface area contributed by atoms with Crippen LogP contribution in [0.4, 0.5) is 0 Å². The zero-order chi connectivity index (χ0) is 13.9. The van der Waals surface area contributed by atoms with Gasteiger partial charge in [0.25, 0.3) is 10.2 Å². The largest absolute Gasteiger partial charge is 0.393 e. The Labute approximate surface area is 115 Å². The highest BCUT2D eigenvalue weighted by Gasteiger charge is 2.34. The second kappa shape index (κ2) is 6.27. The molecule has 2 unspecified atom stereocenters. The van der Waals surface area contributed by atoms with Gasteiger partial charge in [0.2, 0.25) is 0 Å². The highest BCUT2D eigenvalue weighted by molar-refractivity contribution is 7.86. The smallest absolute Gasteiger partial charge is 0.282 e. The fraction of sp³-hybridized carbons (Fsp3) is 0.909. The fourth-order valence-corrected chi connectivity index (χ4v) is 4.25. The van der Waals surface area contributed by atoms with Crippen molar-refractivity contribution < 1.29 is 8.42 Å². The maximum Gasteiger partial charge on any atom is 0.282 e. The Morgan fingerprint density at radius 2 is 2.17 bits per heavy atom. The van der Waals surface area contributed by atoms with Crippen molar-refractivity contribution in [3.8, 4) is 0 Å². The molecule has 0 spiro atoms. The number of nitrogens with two attached hydrogens (primary N) is 1. The van der Waals surface area contributed by atoms with E-state index < -0.39 is 10.2 Å². The summed E-state index contributed by atoms with van der Waals surface area (Å²) in [6, 6.07) is -0.134. The highest BCUT2D eigenvalue weighted by Crippen LogP contribution is 2.23. The van der Waals surface area contributed by atoms with Crippen LogP contribution in [-0.4, -0.2) is 47.7 Å². The van der Waals surface area contributed by atoms with Crippen molar-refractivity contribution in [2.75, 3.05) is 13.6 Å². The molecule has 0 aliphatic carbocycles. The van der Waals surface area contributed by atoms with Crippen LogP contribution in [0.15, 0.2) is 0 Å². The Morgan fingerprint density at radius 1 is 1.56 bits per heavy atom. The Hall–Kier alpha value is -0.240. The highest BCUT2D eigenvalue weighted by atomic mass is 32.2. The average molecular weight is 293 g/mol. The van der Waals surface area contributed by atoms with E-state index >= 15 is 0 Å². The Bertz CT molecular complexity index is 397. The van der Waals surface area contributed by atoms with Gasteiger partial charge in [-0.1, -0.05) is 18.6 Å². The molecule has 2 atom stereocenters. The quantitative estimate of drug-likeness (QED) is 0.771. The predicted octanol–water partition coefficient (Wildman–Crippen LogP) is 1.10. The minimum atomic E-state index is -3.40. The monoisotopic (exact) mass is 293 g/mol. The minimum Gasteiger partial charge on any atom is -0.393 e. The molecule has 2 N–H and O–H groups in total. The van der Waals surface area contributed by atoms with E-state index in [1.165, 1.54) is 4.31 Å². The molecule has 18 heavy (non-hydrogen) atoms. The maximum atomic E-state index is 12.5. The van der Waals surface area contributed by atoms with Crippen molar-refractivity contribution >= 4 is 27.4 Å². The van der Waals surface area contributed by atoms with Gasteiger partial charge in [-0.25, -0.2) is 0 Å². The van der Waals surface area contributed by atoms with E-state index in [1.54, 1.807) is 11.4 Å². The first-order valence-electron chi connectivity index (χ1n) is 6.30. The molecule has 0 aromatic heterocycles. The summed E-state index contributed by atoms with van der Waals surface area (Å²) in [4.78, 5) is 0.344. The van der Waals surface area contributed by atoms with Gasteiger partial charge in [0, 0.05) is 32.1 Å². The Morgan fingerprint density at radius 3 is 2.67 bits per heavy atom. The van der Waals surface area contributed by atoms with E-state index in [1.807, 2.05) is 13.8 Å². The van der Waals surface area contributed by atoms with Crippen LogP contribution in [0.1, 0.15) is 39.5 Å². The van der Waals surface area contributed by atoms with Crippen molar-refractivity contribution in [3.63, 3.8) is 0 Å². The minimum absolute atomic E-state index is 0.0724. The molecular formula is C11H23N3O2S2. The molecule has 1 aliphatic rings. The maximum absolute atomic E-state index is 12.5. The summed E-state index contributed by atoms with van der Waals surface area (Å²) < 4.78 is 27.9. The lowest BCUT2D eigenvalue weighted by Gasteiger charge is -2.37. The van der Waals surface area contributed by atoms with E-state index in [0.717, 1.165) is 19.3 Å². The van der Waals surface area contributed by atoms with Gasteiger partial charge in [-0.3, -0.25) is 0 Å². The van der Waals surface area contributed by atoms with Gasteiger partial charge >= 0.3 is 0 Å². The van der Waals surface area contributed by atoms with Gasteiger partial charge < -0.3 is 5.73 Å². The molecule has 0 saturated carbocycles. The van der Waals surface area contributed by atoms with Crippen molar-refractivity contribution in [3.05, 3.63) is 0 Å². The first-order valence-corrected chi connectivity index (χ1v) is 8.10. The van der Waals surface area contributed by atoms with Gasteiger partial charge in [-0.05, 0) is 26.7 Å². The van der Waals surface area contributed by atoms with Crippen LogP contribution in [0.2, 0.25) is 0 Å². The third-order valence-corrected chi connectivity index (χ3v) is 5.91. The number of hydrogen-bond acceptors (Lipinski definition) is 3. The molecule has 7 heteroatoms. The first-order chi connectivity index (χ1) is 8.26. The summed E-state index contributed by atoms with van der Waals surface area (Å²) in [6.45, 7) is 4.39. The normalized spacial score (nSPS) is 24.1. The van der Waals surface area contributed by atoms with Crippen LogP contribution in [0, 0.1) is 0 Å². The zero-order valence-electron chi connectivity index (χ0n) is 11.3. The summed E-state index contributed by atoms with van der Waals surface area (Å²) in [7, 11) is -1.81. The lowest BCUT2D eigenvalue weighted by Crippen LogP contribution is -2.51. The molecule has 1 aliphatic heterocycles. The molecule has 0 aromatic rings. The summed E-state index contributed by atoms with van der Waals surface area (Å²) in [6.07, 6.45) is 3.37. The molecule has 0 aromatic carbocycles. The summed E-state index contributed by atoms with van der Waals surface area (Å²) in [5, 5.41) is 0. The SMILES string of the molecule is CC(CC(N)=S)N(C)S(=O)(=O)N1CCCCC1C. The summed E-state index contributed by atoms with van der Waals surface area (Å²) >= 11 is 4.84. The zero-order valence-corrected chi connectivity index (χ0v) is 12.9. The standard InChI is InChI=1S/C11H23N3O2S2/c1-9-6-4-5-7-14(9)18(15,16)13(3)10(2)8-11(12)17/h9-10H,4-8H2,1-3H3,(H2,12,17). The second-order valence-electron chi connectivity index (χ2n) is 5.00. The molecular weight excluding hydrogens is 270 g/mol. The third-order valence-electron chi connectivity index (χ3n) is 3.52. The molecule has 1 heterocycles. The van der Waals surface area contributed by atoms with E-state index in [-0.39, 0.29) is 12.1 Å². The van der Waals surface area contributed by atoms with E-state index in [4.69, 9.17) is 18.0 Å². The van der Waals surface area contributed by atoms with Crippen LogP contribution in [-0.2, 0) is 10.2 Å². The van der Waals surface area contributed by atoms with Gasteiger partial charge in [-0.2, -0.15) is 17.0 Å². The number of nitrogens with zero attached hydrogens (tertiary/aromatic N) is 2. The Balaban J connectivity index is 2.81. The van der Waals surface area contributed by atoms with Crippen molar-refractivity contribution in [2.45, 2.75) is 51.6 Å². The summed E-state index contributed by atoms with van der Waals surface area (Å²) in [5.41, 5.74) is 5.48. The van der Waals surface area contributed by atoms with Crippen LogP contribution in [0.3, 0.4) is 0 Å². The lowest BCUT2D eigenvalue weighted by molar-refractivity contribution is 0.242. The number of piperidine rings is 1. The van der Waals surface area contributed by atoms with E-state index in [2.05, 4.69) is 0 Å². The van der Waals surface area contributed by atoms with Crippen molar-refractivity contribution in [2.24, 2.45) is 5.73 Å². The van der Waals surface area contributed by atoms with Gasteiger partial charge in [0.15, 0.2) is 0 Å². The van der Waals surface area contributed by atoms with Crippen molar-refractivity contribution in [1.82, 2.24) is 8.61 Å². The lowest BCUT2D eigenvalue weighted by atomic mass is 10.1. The van der Waals surface area contributed by atoms with Gasteiger partial charge in [0.1, 0.15) is 0 Å². The van der Waals surface area contributed by atoms with E-state index in [0.29, 0.717) is 18.0 Å². The van der Waals surface area contributed by atoms with Gasteiger partial charge in [-0.15, -0.1) is 0 Å². The first kappa shape index (κ1) is 15.8. The number of thiocarbonyl (C=S) groups is 1. The molecule has 1 saturated heterocycles. The van der Waals surface area contributed by atoms with Crippen LogP contribution in [0.5, 0.6) is 0 Å². The molecule has 1 fully saturated rings. The fourth-order valence-electron chi connectivity index (χ4n) is 2.23.